The van der Waals surface area contributed by atoms with E-state index in [1.807, 2.05) is 6.92 Å². The Morgan fingerprint density at radius 1 is 1.08 bits per heavy atom. The van der Waals surface area contributed by atoms with E-state index in [0.717, 1.165) is 38.8 Å². The maximum Gasteiger partial charge on any atom is 0.250 e. The summed E-state index contributed by atoms with van der Waals surface area (Å²) in [6, 6.07) is -0.524. The molecule has 0 radical (unpaired) electrons. The second-order valence-electron chi connectivity index (χ2n) is 7.61. The molecule has 6 heteroatoms. The van der Waals surface area contributed by atoms with Crippen LogP contribution in [0, 0.1) is 5.92 Å². The van der Waals surface area contributed by atoms with Crippen LogP contribution in [0.3, 0.4) is 0 Å². The van der Waals surface area contributed by atoms with E-state index in [-0.39, 0.29) is 11.8 Å². The molecule has 1 aliphatic heterocycles. The molecular weight excluding hydrogens is 318 g/mol. The quantitative estimate of drug-likeness (QED) is 0.616. The highest BCUT2D eigenvalue weighted by Gasteiger charge is 2.27. The number of piperidine rings is 1. The zero-order valence-electron chi connectivity index (χ0n) is 15.6. The normalized spacial score (nSPS) is 22.2. The third-order valence-corrected chi connectivity index (χ3v) is 5.54. The van der Waals surface area contributed by atoms with E-state index in [1.165, 1.54) is 25.7 Å². The summed E-state index contributed by atoms with van der Waals surface area (Å²) in [7, 11) is 0. The smallest absolute Gasteiger partial charge is 0.250 e. The molecule has 1 aliphatic carbocycles. The number of carbonyl (C=O) groups is 2. The van der Waals surface area contributed by atoms with Crippen molar-refractivity contribution in [1.29, 1.82) is 0 Å². The van der Waals surface area contributed by atoms with Gasteiger partial charge in [0.15, 0.2) is 6.10 Å². The van der Waals surface area contributed by atoms with Gasteiger partial charge in [-0.15, -0.1) is 0 Å². The first-order valence-electron chi connectivity index (χ1n) is 10.1. The SMILES string of the molecule is CCC(NC(=O)CN1CCCCC1)C(O)C(=O)NCC1CCCCC1. The highest BCUT2D eigenvalue weighted by atomic mass is 16.3. The van der Waals surface area contributed by atoms with E-state index < -0.39 is 12.1 Å². The Kier molecular flexibility index (Phi) is 8.68. The number of hydrogen-bond acceptors (Lipinski definition) is 4. The first-order chi connectivity index (χ1) is 12.1. The van der Waals surface area contributed by atoms with Crippen molar-refractivity contribution in [3.05, 3.63) is 0 Å². The number of aliphatic hydroxyl groups is 1. The Bertz CT molecular complexity index is 418. The monoisotopic (exact) mass is 353 g/mol. The molecule has 25 heavy (non-hydrogen) atoms. The van der Waals surface area contributed by atoms with Crippen LogP contribution in [0.25, 0.3) is 0 Å². The number of likely N-dealkylation sites (tertiary alicyclic amines) is 1. The van der Waals surface area contributed by atoms with Gasteiger partial charge in [0.1, 0.15) is 0 Å². The summed E-state index contributed by atoms with van der Waals surface area (Å²) in [4.78, 5) is 26.6. The van der Waals surface area contributed by atoms with Crippen LogP contribution in [0.15, 0.2) is 0 Å². The van der Waals surface area contributed by atoms with E-state index in [1.54, 1.807) is 0 Å². The number of hydrogen-bond donors (Lipinski definition) is 3. The summed E-state index contributed by atoms with van der Waals surface area (Å²) in [5.74, 6) is 0.0576. The minimum atomic E-state index is -1.18. The van der Waals surface area contributed by atoms with Crippen molar-refractivity contribution in [2.45, 2.75) is 76.9 Å². The fraction of sp³-hybridized carbons (Fsp3) is 0.895. The van der Waals surface area contributed by atoms with E-state index in [2.05, 4.69) is 15.5 Å². The highest BCUT2D eigenvalue weighted by molar-refractivity contribution is 5.83. The van der Waals surface area contributed by atoms with Crippen LogP contribution in [-0.2, 0) is 9.59 Å². The predicted molar refractivity (Wildman–Crippen MR) is 98.1 cm³/mol. The molecule has 1 saturated carbocycles. The molecule has 0 spiro atoms. The van der Waals surface area contributed by atoms with Crippen molar-refractivity contribution in [2.75, 3.05) is 26.2 Å². The minimum absolute atomic E-state index is 0.104. The van der Waals surface area contributed by atoms with E-state index in [0.29, 0.717) is 25.4 Å². The van der Waals surface area contributed by atoms with Crippen LogP contribution < -0.4 is 10.6 Å². The molecule has 0 bridgehead atoms. The van der Waals surface area contributed by atoms with Crippen LogP contribution in [0.2, 0.25) is 0 Å². The van der Waals surface area contributed by atoms with Crippen LogP contribution in [0.5, 0.6) is 0 Å². The van der Waals surface area contributed by atoms with Gasteiger partial charge in [0.2, 0.25) is 5.91 Å². The van der Waals surface area contributed by atoms with Crippen molar-refractivity contribution in [3.63, 3.8) is 0 Å². The number of nitrogens with zero attached hydrogens (tertiary/aromatic N) is 1. The molecule has 2 atom stereocenters. The molecule has 2 unspecified atom stereocenters. The molecule has 3 N–H and O–H groups in total. The number of carbonyl (C=O) groups excluding carboxylic acids is 2. The van der Waals surface area contributed by atoms with Gasteiger partial charge >= 0.3 is 0 Å². The molecule has 0 aromatic heterocycles. The van der Waals surface area contributed by atoms with Crippen LogP contribution >= 0.6 is 0 Å². The van der Waals surface area contributed by atoms with E-state index >= 15 is 0 Å². The molecule has 144 valence electrons. The van der Waals surface area contributed by atoms with Gasteiger partial charge in [-0.05, 0) is 51.1 Å². The Labute approximate surface area is 151 Å². The Balaban J connectivity index is 1.72. The van der Waals surface area contributed by atoms with Gasteiger partial charge in [0.25, 0.3) is 5.91 Å². The number of nitrogens with one attached hydrogen (secondary N) is 2. The van der Waals surface area contributed by atoms with Crippen molar-refractivity contribution in [3.8, 4) is 0 Å². The summed E-state index contributed by atoms with van der Waals surface area (Å²) in [5, 5.41) is 16.0. The fourth-order valence-electron chi connectivity index (χ4n) is 3.90. The second kappa shape index (κ2) is 10.8. The lowest BCUT2D eigenvalue weighted by Crippen LogP contribution is -2.53. The molecule has 2 amide bonds. The largest absolute Gasteiger partial charge is 0.381 e. The maximum atomic E-state index is 12.2. The fourth-order valence-corrected chi connectivity index (χ4v) is 3.90. The molecule has 0 aromatic carbocycles. The molecule has 0 aromatic rings. The highest BCUT2D eigenvalue weighted by Crippen LogP contribution is 2.22. The molecule has 1 heterocycles. The van der Waals surface area contributed by atoms with Gasteiger partial charge in [-0.1, -0.05) is 32.6 Å². The van der Waals surface area contributed by atoms with E-state index in [9.17, 15) is 14.7 Å². The zero-order chi connectivity index (χ0) is 18.1. The van der Waals surface area contributed by atoms with Gasteiger partial charge in [-0.2, -0.15) is 0 Å². The zero-order valence-corrected chi connectivity index (χ0v) is 15.6. The van der Waals surface area contributed by atoms with Crippen molar-refractivity contribution in [1.82, 2.24) is 15.5 Å². The predicted octanol–water partition coefficient (Wildman–Crippen LogP) is 1.42. The van der Waals surface area contributed by atoms with Crippen molar-refractivity contribution >= 4 is 11.8 Å². The Hall–Kier alpha value is -1.14. The molecule has 1 saturated heterocycles. The average Bonchev–Trinajstić information content (AvgIpc) is 2.65. The third-order valence-electron chi connectivity index (χ3n) is 5.54. The Morgan fingerprint density at radius 3 is 2.36 bits per heavy atom. The van der Waals surface area contributed by atoms with Crippen molar-refractivity contribution in [2.24, 2.45) is 5.92 Å². The molecule has 6 nitrogen and oxygen atoms in total. The summed E-state index contributed by atoms with van der Waals surface area (Å²) >= 11 is 0. The molecule has 2 fully saturated rings. The molecule has 2 rings (SSSR count). The minimum Gasteiger partial charge on any atom is -0.381 e. The summed E-state index contributed by atoms with van der Waals surface area (Å²) in [6.45, 7) is 4.77. The maximum absolute atomic E-state index is 12.2. The standard InChI is InChI=1S/C19H35N3O3/c1-2-16(21-17(23)14-22-11-7-4-8-12-22)18(24)19(25)20-13-15-9-5-3-6-10-15/h15-16,18,24H,2-14H2,1H3,(H,20,25)(H,21,23). The number of amides is 2. The van der Waals surface area contributed by atoms with E-state index in [4.69, 9.17) is 0 Å². The van der Waals surface area contributed by atoms with Crippen LogP contribution in [0.1, 0.15) is 64.7 Å². The van der Waals surface area contributed by atoms with Gasteiger partial charge in [-0.25, -0.2) is 0 Å². The lowest BCUT2D eigenvalue weighted by molar-refractivity contribution is -0.132. The van der Waals surface area contributed by atoms with Gasteiger partial charge in [0, 0.05) is 6.54 Å². The van der Waals surface area contributed by atoms with Crippen LogP contribution in [0.4, 0.5) is 0 Å². The molecule has 2 aliphatic rings. The van der Waals surface area contributed by atoms with Gasteiger partial charge < -0.3 is 15.7 Å². The lowest BCUT2D eigenvalue weighted by Gasteiger charge is -2.28. The summed E-state index contributed by atoms with van der Waals surface area (Å²) in [5.41, 5.74) is 0. The summed E-state index contributed by atoms with van der Waals surface area (Å²) < 4.78 is 0. The lowest BCUT2D eigenvalue weighted by atomic mass is 9.89. The van der Waals surface area contributed by atoms with Crippen LogP contribution in [-0.4, -0.2) is 60.1 Å². The second-order valence-corrected chi connectivity index (χ2v) is 7.61. The average molecular weight is 354 g/mol. The summed E-state index contributed by atoms with van der Waals surface area (Å²) in [6.07, 6.45) is 8.90. The first-order valence-corrected chi connectivity index (χ1v) is 10.1. The first kappa shape index (κ1) is 20.2. The third kappa shape index (κ3) is 6.94. The molecular formula is C19H35N3O3. The van der Waals surface area contributed by atoms with Gasteiger partial charge in [-0.3, -0.25) is 14.5 Å². The van der Waals surface area contributed by atoms with Crippen molar-refractivity contribution < 1.29 is 14.7 Å². The van der Waals surface area contributed by atoms with Gasteiger partial charge in [0.05, 0.1) is 12.6 Å². The Morgan fingerprint density at radius 2 is 1.72 bits per heavy atom. The topological polar surface area (TPSA) is 81.7 Å². The number of aliphatic hydroxyl groups excluding tert-OH is 1. The number of rotatable bonds is 8.